The van der Waals surface area contributed by atoms with Crippen molar-refractivity contribution >= 4 is 5.57 Å². The van der Waals surface area contributed by atoms with Gasteiger partial charge in [-0.25, -0.2) is 0 Å². The molecule has 0 aromatic heterocycles. The molecule has 2 aliphatic rings. The topological polar surface area (TPSA) is 0 Å². The van der Waals surface area contributed by atoms with Crippen molar-refractivity contribution in [3.8, 4) is 11.1 Å². The second-order valence-electron chi connectivity index (χ2n) is 7.04. The molecule has 116 valence electrons. The molecule has 0 N–H and O–H groups in total. The molecule has 0 nitrogen and oxygen atoms in total. The summed E-state index contributed by atoms with van der Waals surface area (Å²) in [7, 11) is 0. The average Bonchev–Trinajstić information content (AvgIpc) is 3.12. The molecule has 0 amide bonds. The minimum absolute atomic E-state index is 0.408. The van der Waals surface area contributed by atoms with Crippen molar-refractivity contribution in [3.63, 3.8) is 0 Å². The highest BCUT2D eigenvalue weighted by molar-refractivity contribution is 5.82. The van der Waals surface area contributed by atoms with E-state index in [4.69, 9.17) is 0 Å². The van der Waals surface area contributed by atoms with Gasteiger partial charge in [-0.3, -0.25) is 0 Å². The Hall–Kier alpha value is -2.60. The van der Waals surface area contributed by atoms with E-state index >= 15 is 0 Å². The molecule has 0 radical (unpaired) electrons. The molecule has 0 heterocycles. The number of hydrogen-bond donors (Lipinski definition) is 0. The molecule has 5 rings (SSSR count). The van der Waals surface area contributed by atoms with Gasteiger partial charge in [-0.15, -0.1) is 0 Å². The van der Waals surface area contributed by atoms with E-state index < -0.39 is 0 Å². The summed E-state index contributed by atoms with van der Waals surface area (Å²) < 4.78 is 0. The molecular weight excluding hydrogens is 288 g/mol. The van der Waals surface area contributed by atoms with Crippen LogP contribution in [0.25, 0.3) is 16.7 Å². The molecule has 0 aliphatic heterocycles. The third-order valence-electron chi connectivity index (χ3n) is 5.90. The van der Waals surface area contributed by atoms with Crippen molar-refractivity contribution in [2.24, 2.45) is 0 Å². The molecule has 3 aromatic carbocycles. The molecule has 0 heteroatoms. The van der Waals surface area contributed by atoms with Crippen LogP contribution in [0.15, 0.2) is 72.3 Å². The van der Waals surface area contributed by atoms with Gasteiger partial charge < -0.3 is 0 Å². The van der Waals surface area contributed by atoms with Crippen LogP contribution in [0.5, 0.6) is 0 Å². The van der Waals surface area contributed by atoms with E-state index in [1.165, 1.54) is 50.1 Å². The van der Waals surface area contributed by atoms with Crippen molar-refractivity contribution in [1.29, 1.82) is 0 Å². The highest BCUT2D eigenvalue weighted by atomic mass is 14.3. The Morgan fingerprint density at radius 2 is 1.33 bits per heavy atom. The smallest absolute Gasteiger partial charge is 0.0311 e. The van der Waals surface area contributed by atoms with Gasteiger partial charge in [-0.2, -0.15) is 0 Å². The predicted molar refractivity (Wildman–Crippen MR) is 101 cm³/mol. The molecule has 0 spiro atoms. The first kappa shape index (κ1) is 13.8. The van der Waals surface area contributed by atoms with Crippen LogP contribution < -0.4 is 0 Å². The quantitative estimate of drug-likeness (QED) is 0.393. The second-order valence-corrected chi connectivity index (χ2v) is 7.04. The Labute approximate surface area is 143 Å². The zero-order valence-electron chi connectivity index (χ0n) is 14.1. The van der Waals surface area contributed by atoms with Crippen LogP contribution in [0.4, 0.5) is 0 Å². The van der Waals surface area contributed by atoms with Crippen LogP contribution in [0, 0.1) is 0 Å². The van der Waals surface area contributed by atoms with Crippen LogP contribution in [0.1, 0.15) is 47.6 Å². The van der Waals surface area contributed by atoms with Gasteiger partial charge in [0.1, 0.15) is 0 Å². The SMILES string of the molecule is CC1=C(C)C(c2cccc3c2Cc2ccccc2-3)c2ccccc21. The molecular formula is C24H20. The lowest BCUT2D eigenvalue weighted by Gasteiger charge is -2.19. The summed E-state index contributed by atoms with van der Waals surface area (Å²) in [5.41, 5.74) is 13.2. The number of rotatable bonds is 1. The first-order chi connectivity index (χ1) is 11.8. The van der Waals surface area contributed by atoms with E-state index in [2.05, 4.69) is 80.6 Å². The van der Waals surface area contributed by atoms with Crippen LogP contribution in [-0.2, 0) is 6.42 Å². The fraction of sp³-hybridized carbons (Fsp3) is 0.167. The maximum absolute atomic E-state index is 2.34. The summed E-state index contributed by atoms with van der Waals surface area (Å²) in [5.74, 6) is 0.408. The number of allylic oxidation sites excluding steroid dienone is 2. The third-order valence-corrected chi connectivity index (χ3v) is 5.90. The van der Waals surface area contributed by atoms with E-state index in [0.717, 1.165) is 6.42 Å². The average molecular weight is 308 g/mol. The monoisotopic (exact) mass is 308 g/mol. The van der Waals surface area contributed by atoms with Crippen molar-refractivity contribution in [2.45, 2.75) is 26.2 Å². The maximum Gasteiger partial charge on any atom is 0.0311 e. The Kier molecular flexibility index (Phi) is 2.84. The van der Waals surface area contributed by atoms with Gasteiger partial charge in [0, 0.05) is 5.92 Å². The van der Waals surface area contributed by atoms with Gasteiger partial charge in [0.2, 0.25) is 0 Å². The van der Waals surface area contributed by atoms with Gasteiger partial charge in [0.15, 0.2) is 0 Å². The van der Waals surface area contributed by atoms with Gasteiger partial charge in [-0.05, 0) is 64.8 Å². The molecule has 0 fully saturated rings. The molecule has 0 saturated heterocycles. The van der Waals surface area contributed by atoms with E-state index in [9.17, 15) is 0 Å². The van der Waals surface area contributed by atoms with Crippen LogP contribution in [0.2, 0.25) is 0 Å². The van der Waals surface area contributed by atoms with E-state index in [1.807, 2.05) is 0 Å². The largest absolute Gasteiger partial charge is 0.0619 e. The Balaban J connectivity index is 1.74. The lowest BCUT2D eigenvalue weighted by atomic mass is 9.84. The normalized spacial score (nSPS) is 17.7. The standard InChI is InChI=1S/C24H20/c1-15-16(2)24(21-11-6-5-9-18(15)21)22-13-7-12-20-19-10-4-3-8-17(19)14-23(20)22/h3-13,24H,14H2,1-2H3. The van der Waals surface area contributed by atoms with Crippen LogP contribution in [-0.4, -0.2) is 0 Å². The molecule has 0 saturated carbocycles. The Morgan fingerprint density at radius 1 is 0.667 bits per heavy atom. The van der Waals surface area contributed by atoms with Crippen molar-refractivity contribution in [2.75, 3.05) is 0 Å². The lowest BCUT2D eigenvalue weighted by molar-refractivity contribution is 0.952. The van der Waals surface area contributed by atoms with Crippen molar-refractivity contribution < 1.29 is 0 Å². The highest BCUT2D eigenvalue weighted by Gasteiger charge is 2.31. The van der Waals surface area contributed by atoms with Gasteiger partial charge in [0.25, 0.3) is 0 Å². The van der Waals surface area contributed by atoms with E-state index in [-0.39, 0.29) is 0 Å². The van der Waals surface area contributed by atoms with Gasteiger partial charge in [0.05, 0.1) is 0 Å². The summed E-state index contributed by atoms with van der Waals surface area (Å²) in [6.45, 7) is 4.58. The second kappa shape index (κ2) is 4.95. The molecule has 0 bridgehead atoms. The summed E-state index contributed by atoms with van der Waals surface area (Å²) >= 11 is 0. The minimum atomic E-state index is 0.408. The third kappa shape index (κ3) is 1.74. The molecule has 1 unspecified atom stereocenters. The zero-order chi connectivity index (χ0) is 16.3. The summed E-state index contributed by atoms with van der Waals surface area (Å²) in [6, 6.07) is 24.6. The number of fused-ring (bicyclic) bond motifs is 4. The van der Waals surface area contributed by atoms with Crippen LogP contribution in [0.3, 0.4) is 0 Å². The first-order valence-corrected chi connectivity index (χ1v) is 8.72. The van der Waals surface area contributed by atoms with Crippen molar-refractivity contribution in [3.05, 3.63) is 100 Å². The highest BCUT2D eigenvalue weighted by Crippen LogP contribution is 2.49. The number of hydrogen-bond acceptors (Lipinski definition) is 0. The van der Waals surface area contributed by atoms with Crippen LogP contribution >= 0.6 is 0 Å². The molecule has 2 aliphatic carbocycles. The fourth-order valence-corrected chi connectivity index (χ4v) is 4.61. The molecule has 3 aromatic rings. The Morgan fingerprint density at radius 3 is 2.21 bits per heavy atom. The molecule has 1 atom stereocenters. The summed E-state index contributed by atoms with van der Waals surface area (Å²) in [4.78, 5) is 0. The number of benzene rings is 3. The Bertz CT molecular complexity index is 1000. The van der Waals surface area contributed by atoms with Gasteiger partial charge >= 0.3 is 0 Å². The van der Waals surface area contributed by atoms with Crippen molar-refractivity contribution in [1.82, 2.24) is 0 Å². The van der Waals surface area contributed by atoms with E-state index in [0.29, 0.717) is 5.92 Å². The summed E-state index contributed by atoms with van der Waals surface area (Å²) in [6.07, 6.45) is 1.06. The maximum atomic E-state index is 2.34. The van der Waals surface area contributed by atoms with E-state index in [1.54, 1.807) is 0 Å². The first-order valence-electron chi connectivity index (χ1n) is 8.72. The zero-order valence-corrected chi connectivity index (χ0v) is 14.1. The lowest BCUT2D eigenvalue weighted by Crippen LogP contribution is -2.03. The minimum Gasteiger partial charge on any atom is -0.0619 e. The molecule has 24 heavy (non-hydrogen) atoms. The fourth-order valence-electron chi connectivity index (χ4n) is 4.61. The predicted octanol–water partition coefficient (Wildman–Crippen LogP) is 6.20. The summed E-state index contributed by atoms with van der Waals surface area (Å²) in [5, 5.41) is 0. The van der Waals surface area contributed by atoms with Gasteiger partial charge in [-0.1, -0.05) is 72.3 Å².